The average Bonchev–Trinajstić information content (AvgIpc) is 3.44. The minimum Gasteiger partial charge on any atom is -0.497 e. The minimum atomic E-state index is 0.739. The molecule has 3 aromatic rings. The van der Waals surface area contributed by atoms with Crippen LogP contribution in [0.1, 0.15) is 24.1 Å². The van der Waals surface area contributed by atoms with Gasteiger partial charge in [0.25, 0.3) is 0 Å². The summed E-state index contributed by atoms with van der Waals surface area (Å²) in [5.41, 5.74) is 2.69. The number of nitrogens with zero attached hydrogens (tertiary/aromatic N) is 4. The third-order valence-corrected chi connectivity index (χ3v) is 6.71. The van der Waals surface area contributed by atoms with Crippen LogP contribution in [0.3, 0.4) is 0 Å². The van der Waals surface area contributed by atoms with Gasteiger partial charge in [-0.15, -0.1) is 11.3 Å². The molecule has 0 unspecified atom stereocenters. The Morgan fingerprint density at radius 2 is 2.10 bits per heavy atom. The van der Waals surface area contributed by atoms with Gasteiger partial charge >= 0.3 is 0 Å². The van der Waals surface area contributed by atoms with Crippen molar-refractivity contribution in [3.8, 4) is 10.9 Å². The van der Waals surface area contributed by atoms with Crippen molar-refractivity contribution >= 4 is 11.3 Å². The van der Waals surface area contributed by atoms with Gasteiger partial charge in [-0.1, -0.05) is 12.1 Å². The molecule has 5 nitrogen and oxygen atoms in total. The molecule has 0 amide bonds. The van der Waals surface area contributed by atoms with Gasteiger partial charge in [0.05, 0.1) is 7.11 Å². The van der Waals surface area contributed by atoms with E-state index in [9.17, 15) is 0 Å². The van der Waals surface area contributed by atoms with Crippen LogP contribution in [-0.2, 0) is 13.0 Å². The van der Waals surface area contributed by atoms with Crippen molar-refractivity contribution in [2.24, 2.45) is 5.92 Å². The first-order chi connectivity index (χ1) is 14.7. The van der Waals surface area contributed by atoms with Crippen LogP contribution < -0.4 is 4.74 Å². The fourth-order valence-electron chi connectivity index (χ4n) is 4.43. The van der Waals surface area contributed by atoms with Crippen LogP contribution in [0.15, 0.2) is 54.2 Å². The molecule has 1 saturated heterocycles. The predicted molar refractivity (Wildman–Crippen MR) is 124 cm³/mol. The normalized spacial score (nSPS) is 17.5. The van der Waals surface area contributed by atoms with Crippen LogP contribution in [0, 0.1) is 5.92 Å². The number of likely N-dealkylation sites (tertiary alicyclic amines) is 1. The Kier molecular flexibility index (Phi) is 7.20. The Morgan fingerprint density at radius 3 is 2.87 bits per heavy atom. The van der Waals surface area contributed by atoms with E-state index in [1.54, 1.807) is 18.4 Å². The lowest BCUT2D eigenvalue weighted by molar-refractivity contribution is 0.141. The average molecular weight is 425 g/mol. The molecule has 3 heterocycles. The second kappa shape index (κ2) is 10.2. The van der Waals surface area contributed by atoms with Crippen molar-refractivity contribution in [2.45, 2.75) is 25.8 Å². The fourth-order valence-corrected chi connectivity index (χ4v) is 5.09. The Balaban J connectivity index is 1.26. The molecule has 2 aromatic heterocycles. The molecule has 0 bridgehead atoms. The van der Waals surface area contributed by atoms with E-state index in [0.717, 1.165) is 42.9 Å². The Hall–Kier alpha value is -2.15. The van der Waals surface area contributed by atoms with Crippen LogP contribution in [0.2, 0.25) is 0 Å². The summed E-state index contributed by atoms with van der Waals surface area (Å²) >= 11 is 1.68. The van der Waals surface area contributed by atoms with Gasteiger partial charge in [0.1, 0.15) is 5.75 Å². The highest BCUT2D eigenvalue weighted by Crippen LogP contribution is 2.21. The molecule has 4 rings (SSSR count). The summed E-state index contributed by atoms with van der Waals surface area (Å²) in [6.45, 7) is 5.66. The molecular formula is C24H32N4OS. The number of piperidine rings is 1. The minimum absolute atomic E-state index is 0.739. The van der Waals surface area contributed by atoms with Crippen molar-refractivity contribution in [1.29, 1.82) is 0 Å². The molecule has 0 N–H and O–H groups in total. The van der Waals surface area contributed by atoms with E-state index < -0.39 is 0 Å². The number of ether oxygens (including phenoxy) is 1. The van der Waals surface area contributed by atoms with Crippen molar-refractivity contribution in [1.82, 2.24) is 19.4 Å². The van der Waals surface area contributed by atoms with E-state index in [2.05, 4.69) is 69.0 Å². The molecule has 1 atom stereocenters. The number of aromatic nitrogens is 2. The Bertz CT molecular complexity index is 890. The third kappa shape index (κ3) is 5.50. The van der Waals surface area contributed by atoms with Gasteiger partial charge in [-0.3, -0.25) is 4.57 Å². The van der Waals surface area contributed by atoms with Crippen LogP contribution in [0.4, 0.5) is 0 Å². The lowest BCUT2D eigenvalue weighted by Crippen LogP contribution is -2.40. The summed E-state index contributed by atoms with van der Waals surface area (Å²) < 4.78 is 7.47. The molecule has 0 aliphatic carbocycles. The highest BCUT2D eigenvalue weighted by Gasteiger charge is 2.21. The maximum Gasteiger partial charge on any atom is 0.193 e. The maximum atomic E-state index is 5.26. The molecule has 1 aliphatic rings. The van der Waals surface area contributed by atoms with Crippen molar-refractivity contribution < 1.29 is 4.74 Å². The quantitative estimate of drug-likeness (QED) is 0.512. The predicted octanol–water partition coefficient (Wildman–Crippen LogP) is 4.33. The molecule has 0 saturated carbocycles. The molecule has 30 heavy (non-hydrogen) atoms. The summed E-state index contributed by atoms with van der Waals surface area (Å²) in [6, 6.07) is 12.8. The third-order valence-electron chi connectivity index (χ3n) is 5.94. The zero-order valence-corrected chi connectivity index (χ0v) is 18.9. The first-order valence-electron chi connectivity index (χ1n) is 10.8. The summed E-state index contributed by atoms with van der Waals surface area (Å²) in [6.07, 6.45) is 7.72. The SMILES string of the molecule is COc1ccc(CCN2CCC[C@@H](CN(C)Cc3cccn3-c3nccs3)C2)cc1. The van der Waals surface area contributed by atoms with Gasteiger partial charge < -0.3 is 14.5 Å². The van der Waals surface area contributed by atoms with Gasteiger partial charge in [0.2, 0.25) is 0 Å². The van der Waals surface area contributed by atoms with E-state index in [-0.39, 0.29) is 0 Å². The largest absolute Gasteiger partial charge is 0.497 e. The summed E-state index contributed by atoms with van der Waals surface area (Å²) in [5.74, 6) is 1.67. The van der Waals surface area contributed by atoms with Crippen LogP contribution in [-0.4, -0.2) is 59.7 Å². The zero-order chi connectivity index (χ0) is 20.8. The van der Waals surface area contributed by atoms with Crippen LogP contribution in [0.5, 0.6) is 5.75 Å². The molecule has 0 spiro atoms. The van der Waals surface area contributed by atoms with Crippen LogP contribution in [0.25, 0.3) is 5.13 Å². The Labute approximate surface area is 183 Å². The number of hydrogen-bond donors (Lipinski definition) is 0. The number of rotatable bonds is 9. The topological polar surface area (TPSA) is 33.5 Å². The first kappa shape index (κ1) is 21.1. The number of hydrogen-bond acceptors (Lipinski definition) is 5. The van der Waals surface area contributed by atoms with Crippen molar-refractivity contribution in [3.05, 3.63) is 65.4 Å². The fraction of sp³-hybridized carbons (Fsp3) is 0.458. The van der Waals surface area contributed by atoms with E-state index in [1.165, 1.54) is 37.2 Å². The summed E-state index contributed by atoms with van der Waals surface area (Å²) in [4.78, 5) is 9.57. The van der Waals surface area contributed by atoms with E-state index >= 15 is 0 Å². The summed E-state index contributed by atoms with van der Waals surface area (Å²) in [7, 11) is 3.96. The Morgan fingerprint density at radius 1 is 1.23 bits per heavy atom. The van der Waals surface area contributed by atoms with E-state index in [4.69, 9.17) is 4.74 Å². The monoisotopic (exact) mass is 424 g/mol. The van der Waals surface area contributed by atoms with Gasteiger partial charge in [-0.05, 0) is 68.6 Å². The maximum absolute atomic E-state index is 5.26. The lowest BCUT2D eigenvalue weighted by atomic mass is 9.97. The smallest absolute Gasteiger partial charge is 0.193 e. The molecule has 0 radical (unpaired) electrons. The standard InChI is InChI=1S/C24H32N4OS/c1-26(19-22-6-4-14-28(22)24-25-12-16-30-24)17-21-5-3-13-27(18-21)15-11-20-7-9-23(29-2)10-8-20/h4,6-10,12,14,16,21H,3,5,11,13,15,17-19H2,1-2H3/t21-/m0/s1. The van der Waals surface area contributed by atoms with Crippen molar-refractivity contribution in [3.63, 3.8) is 0 Å². The highest BCUT2D eigenvalue weighted by atomic mass is 32.1. The number of benzene rings is 1. The molecule has 6 heteroatoms. The van der Waals surface area contributed by atoms with Crippen molar-refractivity contribution in [2.75, 3.05) is 40.3 Å². The number of thiazole rings is 1. The molecule has 1 fully saturated rings. The summed E-state index contributed by atoms with van der Waals surface area (Å²) in [5, 5.41) is 3.08. The van der Waals surface area contributed by atoms with Gasteiger partial charge in [0, 0.05) is 49.6 Å². The van der Waals surface area contributed by atoms with Gasteiger partial charge in [0.15, 0.2) is 5.13 Å². The number of methoxy groups -OCH3 is 1. The second-order valence-corrected chi connectivity index (χ2v) is 9.16. The van der Waals surface area contributed by atoms with Gasteiger partial charge in [-0.25, -0.2) is 4.98 Å². The van der Waals surface area contributed by atoms with E-state index in [1.807, 2.05) is 11.6 Å². The lowest BCUT2D eigenvalue weighted by Gasteiger charge is -2.34. The molecule has 160 valence electrons. The van der Waals surface area contributed by atoms with E-state index in [0.29, 0.717) is 0 Å². The zero-order valence-electron chi connectivity index (χ0n) is 18.0. The molecular weight excluding hydrogens is 392 g/mol. The first-order valence-corrected chi connectivity index (χ1v) is 11.7. The van der Waals surface area contributed by atoms with Gasteiger partial charge in [-0.2, -0.15) is 0 Å². The highest BCUT2D eigenvalue weighted by molar-refractivity contribution is 7.12. The molecule has 1 aromatic carbocycles. The molecule has 1 aliphatic heterocycles. The second-order valence-electron chi connectivity index (χ2n) is 8.29. The van der Waals surface area contributed by atoms with Crippen LogP contribution >= 0.6 is 11.3 Å².